The fourth-order valence-electron chi connectivity index (χ4n) is 5.53. The van der Waals surface area contributed by atoms with Gasteiger partial charge in [0.15, 0.2) is 21.4 Å². The first-order valence-corrected chi connectivity index (χ1v) is 13.4. The van der Waals surface area contributed by atoms with Crippen molar-refractivity contribution in [2.75, 3.05) is 18.1 Å². The summed E-state index contributed by atoms with van der Waals surface area (Å²) >= 11 is 0. The standard InChI is InChI=1S/C24H29NO6S/c1-2-12-30-17-9-7-15(8-10-17)21-20-22(26)18-5-3-4-6-19(18)31-23(20)24(27)25(21)16-11-13-32(28,29)14-16/h7-10,16,18-19,21H,2-6,11-14H2,1H3. The van der Waals surface area contributed by atoms with E-state index in [0.717, 1.165) is 43.4 Å². The van der Waals surface area contributed by atoms with Crippen LogP contribution in [0.15, 0.2) is 35.6 Å². The quantitative estimate of drug-likeness (QED) is 0.673. The van der Waals surface area contributed by atoms with E-state index in [0.29, 0.717) is 18.6 Å². The predicted octanol–water partition coefficient (Wildman–Crippen LogP) is 2.96. The van der Waals surface area contributed by atoms with Crippen LogP contribution in [0.25, 0.3) is 0 Å². The Labute approximate surface area is 188 Å². The number of carbonyl (C=O) groups excluding carboxylic acids is 2. The van der Waals surface area contributed by atoms with Crippen molar-refractivity contribution in [3.63, 3.8) is 0 Å². The maximum atomic E-state index is 13.6. The first-order chi connectivity index (χ1) is 15.4. The number of benzene rings is 1. The Kier molecular flexibility index (Phi) is 5.51. The van der Waals surface area contributed by atoms with Crippen LogP contribution in [0.2, 0.25) is 0 Å². The lowest BCUT2D eigenvalue weighted by Gasteiger charge is -2.35. The van der Waals surface area contributed by atoms with E-state index in [9.17, 15) is 18.0 Å². The summed E-state index contributed by atoms with van der Waals surface area (Å²) in [6.07, 6.45) is 4.52. The van der Waals surface area contributed by atoms with Crippen LogP contribution in [0.4, 0.5) is 0 Å². The summed E-state index contributed by atoms with van der Waals surface area (Å²) in [5.41, 5.74) is 1.19. The molecule has 1 saturated carbocycles. The second kappa shape index (κ2) is 8.21. The maximum Gasteiger partial charge on any atom is 0.290 e. The maximum absolute atomic E-state index is 13.6. The number of hydrogen-bond acceptors (Lipinski definition) is 6. The van der Waals surface area contributed by atoms with Crippen molar-refractivity contribution in [1.82, 2.24) is 4.90 Å². The van der Waals surface area contributed by atoms with Crippen LogP contribution < -0.4 is 4.74 Å². The molecule has 5 rings (SSSR count). The SMILES string of the molecule is CCCOc1ccc(C2C3=C(OC4CCCCC4C3=O)C(=O)N2C2CCS(=O)(=O)C2)cc1. The molecule has 1 amide bonds. The normalized spacial score (nSPS) is 31.3. The fraction of sp³-hybridized carbons (Fsp3) is 0.583. The number of hydrogen-bond donors (Lipinski definition) is 0. The van der Waals surface area contributed by atoms with Gasteiger partial charge in [0.1, 0.15) is 11.9 Å². The van der Waals surface area contributed by atoms with Crippen LogP contribution >= 0.6 is 0 Å². The monoisotopic (exact) mass is 459 g/mol. The molecule has 7 nitrogen and oxygen atoms in total. The molecule has 4 unspecified atom stereocenters. The second-order valence-corrected chi connectivity index (χ2v) is 11.5. The van der Waals surface area contributed by atoms with Crippen molar-refractivity contribution < 1.29 is 27.5 Å². The number of ketones is 1. The summed E-state index contributed by atoms with van der Waals surface area (Å²) < 4.78 is 36.3. The highest BCUT2D eigenvalue weighted by atomic mass is 32.2. The largest absolute Gasteiger partial charge is 0.494 e. The Hall–Kier alpha value is -2.35. The van der Waals surface area contributed by atoms with E-state index in [1.807, 2.05) is 31.2 Å². The minimum absolute atomic E-state index is 0.0102. The average Bonchev–Trinajstić information content (AvgIpc) is 3.29. The second-order valence-electron chi connectivity index (χ2n) is 9.24. The molecule has 3 heterocycles. The Morgan fingerprint density at radius 1 is 1.09 bits per heavy atom. The smallest absolute Gasteiger partial charge is 0.290 e. The lowest BCUT2D eigenvalue weighted by atomic mass is 9.77. The average molecular weight is 460 g/mol. The molecule has 1 aliphatic carbocycles. The van der Waals surface area contributed by atoms with E-state index in [4.69, 9.17) is 9.47 Å². The molecule has 3 aliphatic heterocycles. The van der Waals surface area contributed by atoms with Gasteiger partial charge in [-0.05, 0) is 49.8 Å². The van der Waals surface area contributed by atoms with Gasteiger partial charge < -0.3 is 14.4 Å². The van der Waals surface area contributed by atoms with Crippen LogP contribution in [0.5, 0.6) is 5.75 Å². The number of nitrogens with zero attached hydrogens (tertiary/aromatic N) is 1. The molecular weight excluding hydrogens is 430 g/mol. The number of sulfone groups is 1. The van der Waals surface area contributed by atoms with E-state index in [-0.39, 0.29) is 41.0 Å². The van der Waals surface area contributed by atoms with Crippen LogP contribution in [0.1, 0.15) is 57.1 Å². The molecule has 0 radical (unpaired) electrons. The molecular formula is C24H29NO6S. The molecule has 0 spiro atoms. The molecule has 172 valence electrons. The number of amides is 1. The first kappa shape index (κ1) is 21.5. The minimum atomic E-state index is -3.20. The molecule has 1 aromatic rings. The topological polar surface area (TPSA) is 90.0 Å². The fourth-order valence-corrected chi connectivity index (χ4v) is 7.24. The highest BCUT2D eigenvalue weighted by molar-refractivity contribution is 7.91. The van der Waals surface area contributed by atoms with E-state index in [2.05, 4.69) is 0 Å². The lowest BCUT2D eigenvalue weighted by Crippen LogP contribution is -2.41. The van der Waals surface area contributed by atoms with Gasteiger partial charge in [-0.1, -0.05) is 25.5 Å². The molecule has 0 N–H and O–H groups in total. The van der Waals surface area contributed by atoms with Gasteiger partial charge in [0.25, 0.3) is 5.91 Å². The zero-order chi connectivity index (χ0) is 22.5. The van der Waals surface area contributed by atoms with E-state index >= 15 is 0 Å². The Morgan fingerprint density at radius 3 is 2.53 bits per heavy atom. The molecule has 0 aromatic heterocycles. The lowest BCUT2D eigenvalue weighted by molar-refractivity contribution is -0.136. The molecule has 0 bridgehead atoms. The molecule has 1 saturated heterocycles. The van der Waals surface area contributed by atoms with Gasteiger partial charge in [-0.15, -0.1) is 0 Å². The van der Waals surface area contributed by atoms with Crippen molar-refractivity contribution in [2.24, 2.45) is 5.92 Å². The number of ether oxygens (including phenoxy) is 2. The van der Waals surface area contributed by atoms with Crippen molar-refractivity contribution in [3.8, 4) is 5.75 Å². The van der Waals surface area contributed by atoms with Gasteiger partial charge in [-0.2, -0.15) is 0 Å². The first-order valence-electron chi connectivity index (χ1n) is 11.6. The van der Waals surface area contributed by atoms with Crippen molar-refractivity contribution in [1.29, 1.82) is 0 Å². The third-order valence-corrected chi connectivity index (χ3v) is 8.82. The minimum Gasteiger partial charge on any atom is -0.494 e. The van der Waals surface area contributed by atoms with Gasteiger partial charge in [0.05, 0.1) is 35.6 Å². The number of carbonyl (C=O) groups is 2. The third-order valence-electron chi connectivity index (χ3n) is 7.07. The van der Waals surface area contributed by atoms with Gasteiger partial charge in [-0.25, -0.2) is 8.42 Å². The molecule has 2 fully saturated rings. The predicted molar refractivity (Wildman–Crippen MR) is 118 cm³/mol. The van der Waals surface area contributed by atoms with Gasteiger partial charge in [0, 0.05) is 6.04 Å². The Bertz CT molecular complexity index is 1060. The zero-order valence-corrected chi connectivity index (χ0v) is 19.1. The summed E-state index contributed by atoms with van der Waals surface area (Å²) in [4.78, 5) is 28.7. The molecule has 1 aromatic carbocycles. The Morgan fingerprint density at radius 2 is 1.84 bits per heavy atom. The van der Waals surface area contributed by atoms with Crippen LogP contribution in [-0.2, 0) is 24.2 Å². The van der Waals surface area contributed by atoms with Gasteiger partial charge in [-0.3, -0.25) is 9.59 Å². The molecule has 4 atom stereocenters. The van der Waals surface area contributed by atoms with Crippen molar-refractivity contribution >= 4 is 21.5 Å². The highest BCUT2D eigenvalue weighted by Gasteiger charge is 2.54. The summed E-state index contributed by atoms with van der Waals surface area (Å²) in [5.74, 6) is 0.260. The van der Waals surface area contributed by atoms with Crippen LogP contribution in [-0.4, -0.2) is 55.3 Å². The molecule has 4 aliphatic rings. The van der Waals surface area contributed by atoms with Crippen LogP contribution in [0, 0.1) is 5.92 Å². The van der Waals surface area contributed by atoms with Crippen molar-refractivity contribution in [3.05, 3.63) is 41.2 Å². The number of rotatable bonds is 5. The molecule has 32 heavy (non-hydrogen) atoms. The summed E-state index contributed by atoms with van der Waals surface area (Å²) in [5, 5.41) is 0. The summed E-state index contributed by atoms with van der Waals surface area (Å²) in [7, 11) is -3.20. The van der Waals surface area contributed by atoms with E-state index < -0.39 is 21.9 Å². The zero-order valence-electron chi connectivity index (χ0n) is 18.3. The van der Waals surface area contributed by atoms with Gasteiger partial charge in [0.2, 0.25) is 0 Å². The summed E-state index contributed by atoms with van der Waals surface area (Å²) in [6.45, 7) is 2.64. The third kappa shape index (κ3) is 3.62. The van der Waals surface area contributed by atoms with E-state index in [1.165, 1.54) is 0 Å². The van der Waals surface area contributed by atoms with Crippen molar-refractivity contribution in [2.45, 2.75) is 63.6 Å². The van der Waals surface area contributed by atoms with Gasteiger partial charge >= 0.3 is 0 Å². The highest BCUT2D eigenvalue weighted by Crippen LogP contribution is 2.48. The summed E-state index contributed by atoms with van der Waals surface area (Å²) in [6, 6.07) is 6.35. The van der Waals surface area contributed by atoms with E-state index in [1.54, 1.807) is 4.90 Å². The Balaban J connectivity index is 1.55. The number of Topliss-reactive ketones (excluding diaryl/α,β-unsaturated/α-hetero) is 1. The number of fused-ring (bicyclic) bond motifs is 1. The van der Waals surface area contributed by atoms with Crippen LogP contribution in [0.3, 0.4) is 0 Å². The molecule has 8 heteroatoms.